The van der Waals surface area contributed by atoms with Gasteiger partial charge >= 0.3 is 0 Å². The highest BCUT2D eigenvalue weighted by atomic mass is 32.1. The van der Waals surface area contributed by atoms with E-state index >= 15 is 0 Å². The Hall–Kier alpha value is -3.62. The van der Waals surface area contributed by atoms with Gasteiger partial charge in [-0.15, -0.1) is 0 Å². The summed E-state index contributed by atoms with van der Waals surface area (Å²) < 4.78 is 4.28. The van der Waals surface area contributed by atoms with E-state index in [4.69, 9.17) is 10.8 Å². The third-order valence-corrected chi connectivity index (χ3v) is 8.18. The first-order valence-electron chi connectivity index (χ1n) is 13.1. The van der Waals surface area contributed by atoms with Crippen LogP contribution in [-0.2, 0) is 25.9 Å². The average molecular weight is 541 g/mol. The van der Waals surface area contributed by atoms with Crippen LogP contribution in [0.1, 0.15) is 36.8 Å². The van der Waals surface area contributed by atoms with Crippen molar-refractivity contribution in [3.05, 3.63) is 106 Å². The molecule has 0 bridgehead atoms. The molecule has 5 rings (SSSR count). The molecule has 0 amide bonds. The van der Waals surface area contributed by atoms with Gasteiger partial charge in [-0.25, -0.2) is 0 Å². The number of benzene rings is 3. The minimum absolute atomic E-state index is 0.323. The summed E-state index contributed by atoms with van der Waals surface area (Å²) in [6.45, 7) is 1.69. The van der Waals surface area contributed by atoms with E-state index < -0.39 is 0 Å². The number of nitrogens with zero attached hydrogens (tertiary/aromatic N) is 4. The summed E-state index contributed by atoms with van der Waals surface area (Å²) in [7, 11) is 0. The van der Waals surface area contributed by atoms with Gasteiger partial charge in [0, 0.05) is 24.2 Å². The molecule has 2 aromatic heterocycles. The van der Waals surface area contributed by atoms with Gasteiger partial charge in [0.1, 0.15) is 0 Å². The molecule has 38 heavy (non-hydrogen) atoms. The number of nitrogens with one attached hydrogen (secondary N) is 2. The van der Waals surface area contributed by atoms with E-state index in [1.807, 2.05) is 6.07 Å². The molecule has 6 nitrogen and oxygen atoms in total. The lowest BCUT2D eigenvalue weighted by molar-refractivity contribution is 0.640. The summed E-state index contributed by atoms with van der Waals surface area (Å²) in [5, 5.41) is 16.4. The molecule has 0 fully saturated rings. The van der Waals surface area contributed by atoms with Crippen LogP contribution in [0.3, 0.4) is 0 Å². The standard InChI is InChI=1S/C30H32N6S2/c31-29-33-27(35(37-29)20-9-7-16-23-12-3-1-4-13-23)25-18-11-19-26(22-25)28-34-30(32)38-36(28)21-10-8-17-24-14-5-2-6-15-24/h1-6,11-15,18-19,22,31-32H,7-10,16-17,20-21H2. The predicted molar refractivity (Wildman–Crippen MR) is 155 cm³/mol. The monoisotopic (exact) mass is 540 g/mol. The lowest BCUT2D eigenvalue weighted by Gasteiger charge is -2.10. The quantitative estimate of drug-likeness (QED) is 0.176. The van der Waals surface area contributed by atoms with Crippen LogP contribution >= 0.6 is 23.1 Å². The summed E-state index contributed by atoms with van der Waals surface area (Å²) in [6.07, 6.45) is 6.37. The third-order valence-electron chi connectivity index (χ3n) is 6.50. The zero-order chi connectivity index (χ0) is 26.2. The van der Waals surface area contributed by atoms with Crippen molar-refractivity contribution in [2.45, 2.75) is 51.6 Å². The Morgan fingerprint density at radius 3 is 1.45 bits per heavy atom. The molecule has 0 aliphatic rings. The number of unbranched alkanes of at least 4 members (excludes halogenated alkanes) is 2. The van der Waals surface area contributed by atoms with Crippen LogP contribution in [-0.4, -0.2) is 17.9 Å². The van der Waals surface area contributed by atoms with Crippen LogP contribution in [0, 0.1) is 10.8 Å². The number of aryl methyl sites for hydroxylation is 4. The summed E-state index contributed by atoms with van der Waals surface area (Å²) in [6, 6.07) is 29.4. The van der Waals surface area contributed by atoms with Crippen LogP contribution in [0.4, 0.5) is 0 Å². The first-order chi connectivity index (χ1) is 18.7. The summed E-state index contributed by atoms with van der Waals surface area (Å²) in [4.78, 5) is 9.76. The fourth-order valence-electron chi connectivity index (χ4n) is 4.62. The van der Waals surface area contributed by atoms with E-state index in [2.05, 4.69) is 96.7 Å². The van der Waals surface area contributed by atoms with Gasteiger partial charge in [0.2, 0.25) is 9.60 Å². The zero-order valence-corrected chi connectivity index (χ0v) is 23.0. The van der Waals surface area contributed by atoms with Crippen molar-refractivity contribution in [2.24, 2.45) is 0 Å². The molecular weight excluding hydrogens is 509 g/mol. The summed E-state index contributed by atoms with van der Waals surface area (Å²) in [5.41, 5.74) is 4.69. The highest BCUT2D eigenvalue weighted by Gasteiger charge is 2.13. The molecule has 0 radical (unpaired) electrons. The van der Waals surface area contributed by atoms with Crippen molar-refractivity contribution < 1.29 is 0 Å². The Balaban J connectivity index is 1.26. The smallest absolute Gasteiger partial charge is 0.219 e. The largest absolute Gasteiger partial charge is 0.278 e. The second kappa shape index (κ2) is 12.8. The maximum atomic E-state index is 8.18. The first kappa shape index (κ1) is 26.0. The number of rotatable bonds is 12. The lowest BCUT2D eigenvalue weighted by Crippen LogP contribution is -2.01. The molecule has 0 aliphatic carbocycles. The Morgan fingerprint density at radius 2 is 1.00 bits per heavy atom. The average Bonchev–Trinajstić information content (AvgIpc) is 3.52. The Kier molecular flexibility index (Phi) is 8.73. The summed E-state index contributed by atoms with van der Waals surface area (Å²) >= 11 is 2.80. The van der Waals surface area contributed by atoms with Crippen molar-refractivity contribution in [3.8, 4) is 22.8 Å². The van der Waals surface area contributed by atoms with Gasteiger partial charge in [0.05, 0.1) is 0 Å². The Morgan fingerprint density at radius 1 is 0.553 bits per heavy atom. The number of hydrogen-bond acceptors (Lipinski definition) is 6. The van der Waals surface area contributed by atoms with Gasteiger partial charge < -0.3 is 0 Å². The van der Waals surface area contributed by atoms with Crippen molar-refractivity contribution in [2.75, 3.05) is 0 Å². The van der Waals surface area contributed by atoms with Crippen molar-refractivity contribution in [3.63, 3.8) is 0 Å². The molecule has 0 saturated heterocycles. The van der Waals surface area contributed by atoms with Gasteiger partial charge in [0.15, 0.2) is 11.6 Å². The minimum Gasteiger partial charge on any atom is -0.278 e. The summed E-state index contributed by atoms with van der Waals surface area (Å²) in [5.74, 6) is 1.66. The third kappa shape index (κ3) is 6.82. The number of hydrogen-bond donors (Lipinski definition) is 2. The van der Waals surface area contributed by atoms with Crippen LogP contribution in [0.15, 0.2) is 84.9 Å². The second-order valence-electron chi connectivity index (χ2n) is 9.33. The van der Waals surface area contributed by atoms with E-state index in [1.54, 1.807) is 0 Å². The van der Waals surface area contributed by atoms with E-state index in [0.717, 1.165) is 74.4 Å². The maximum absolute atomic E-state index is 8.18. The molecule has 3 aromatic carbocycles. The number of aromatic nitrogens is 4. The molecule has 5 aromatic rings. The van der Waals surface area contributed by atoms with E-state index in [-0.39, 0.29) is 0 Å². The van der Waals surface area contributed by atoms with Gasteiger partial charge in [-0.2, -0.15) is 9.97 Å². The molecule has 2 heterocycles. The Bertz CT molecular complexity index is 1450. The predicted octanol–water partition coefficient (Wildman–Crippen LogP) is 6.54. The maximum Gasteiger partial charge on any atom is 0.219 e. The van der Waals surface area contributed by atoms with Crippen LogP contribution in [0.25, 0.3) is 22.8 Å². The zero-order valence-electron chi connectivity index (χ0n) is 21.3. The van der Waals surface area contributed by atoms with E-state index in [1.165, 1.54) is 34.2 Å². The fourth-order valence-corrected chi connectivity index (χ4v) is 6.19. The van der Waals surface area contributed by atoms with E-state index in [0.29, 0.717) is 9.60 Å². The lowest BCUT2D eigenvalue weighted by atomic mass is 10.1. The SMILES string of the molecule is N=c1nc(-c2cccc(-c3nc(=N)sn3CCCCc3ccccc3)c2)n(CCCCc2ccccc2)s1. The normalized spacial score (nSPS) is 11.2. The van der Waals surface area contributed by atoms with Gasteiger partial charge in [-0.05, 0) is 78.8 Å². The van der Waals surface area contributed by atoms with Gasteiger partial charge in [-0.3, -0.25) is 18.7 Å². The van der Waals surface area contributed by atoms with Crippen molar-refractivity contribution in [1.29, 1.82) is 10.8 Å². The minimum atomic E-state index is 0.323. The van der Waals surface area contributed by atoms with Crippen LogP contribution in [0.2, 0.25) is 0 Å². The van der Waals surface area contributed by atoms with E-state index in [9.17, 15) is 0 Å². The molecule has 0 spiro atoms. The van der Waals surface area contributed by atoms with Crippen LogP contribution < -0.4 is 9.60 Å². The topological polar surface area (TPSA) is 83.3 Å². The molecular formula is C30H32N6S2. The van der Waals surface area contributed by atoms with Crippen LogP contribution in [0.5, 0.6) is 0 Å². The van der Waals surface area contributed by atoms with Gasteiger partial charge in [0.25, 0.3) is 0 Å². The van der Waals surface area contributed by atoms with Gasteiger partial charge in [-0.1, -0.05) is 78.9 Å². The molecule has 194 valence electrons. The molecule has 0 atom stereocenters. The molecule has 0 aliphatic heterocycles. The highest BCUT2D eigenvalue weighted by molar-refractivity contribution is 7.03. The highest BCUT2D eigenvalue weighted by Crippen LogP contribution is 2.26. The molecule has 8 heteroatoms. The molecule has 2 N–H and O–H groups in total. The van der Waals surface area contributed by atoms with Crippen molar-refractivity contribution >= 4 is 23.1 Å². The fraction of sp³-hybridized carbons (Fsp3) is 0.267. The van der Waals surface area contributed by atoms with Crippen molar-refractivity contribution in [1.82, 2.24) is 17.9 Å². The first-order valence-corrected chi connectivity index (χ1v) is 14.6. The molecule has 0 saturated carbocycles. The second-order valence-corrected chi connectivity index (χ2v) is 11.4. The Labute approximate surface area is 231 Å². The molecule has 0 unspecified atom stereocenters.